The maximum atomic E-state index is 11.8. The van der Waals surface area contributed by atoms with Crippen LogP contribution in [-0.2, 0) is 14.3 Å². The number of nitrogens with one attached hydrogen (secondary N) is 1. The molecule has 0 fully saturated rings. The van der Waals surface area contributed by atoms with Gasteiger partial charge in [0.15, 0.2) is 6.61 Å². The molecule has 1 N–H and O–H groups in total. The molecular weight excluding hydrogens is 306 g/mol. The number of esters is 1. The predicted octanol–water partition coefficient (Wildman–Crippen LogP) is 1.29. The number of amides is 1. The molecular formula is C15H19NO5S. The average molecular weight is 325 g/mol. The standard InChI is InChI=1S/C15H19NO5S/c1-20-15(19)13(7-8-22-2)16-14(18)10-21-12-5-3-11(9-17)4-6-12/h3-6,9,13H,7-8,10H2,1-2H3,(H,16,18). The monoisotopic (exact) mass is 325 g/mol. The van der Waals surface area contributed by atoms with Crippen LogP contribution in [0.5, 0.6) is 5.75 Å². The van der Waals surface area contributed by atoms with E-state index in [9.17, 15) is 14.4 Å². The molecule has 22 heavy (non-hydrogen) atoms. The molecule has 120 valence electrons. The molecule has 0 aliphatic heterocycles. The highest BCUT2D eigenvalue weighted by Crippen LogP contribution is 2.11. The number of carbonyl (C=O) groups excluding carboxylic acids is 3. The van der Waals surface area contributed by atoms with Gasteiger partial charge in [-0.3, -0.25) is 9.59 Å². The SMILES string of the molecule is COC(=O)C(CCSC)NC(=O)COc1ccc(C=O)cc1. The minimum absolute atomic E-state index is 0.215. The maximum Gasteiger partial charge on any atom is 0.328 e. The number of ether oxygens (including phenoxy) is 2. The van der Waals surface area contributed by atoms with Crippen LogP contribution in [0.2, 0.25) is 0 Å². The van der Waals surface area contributed by atoms with E-state index in [0.29, 0.717) is 17.7 Å². The molecule has 0 spiro atoms. The Kier molecular flexibility index (Phi) is 8.06. The average Bonchev–Trinajstić information content (AvgIpc) is 2.56. The minimum atomic E-state index is -0.675. The third-order valence-corrected chi connectivity index (χ3v) is 3.46. The van der Waals surface area contributed by atoms with Gasteiger partial charge in [-0.15, -0.1) is 0 Å². The van der Waals surface area contributed by atoms with E-state index in [2.05, 4.69) is 10.1 Å². The van der Waals surface area contributed by atoms with Crippen molar-refractivity contribution in [1.82, 2.24) is 5.32 Å². The van der Waals surface area contributed by atoms with Crippen molar-refractivity contribution in [2.45, 2.75) is 12.5 Å². The Balaban J connectivity index is 2.48. The summed E-state index contributed by atoms with van der Waals surface area (Å²) in [6.45, 7) is -0.215. The molecule has 1 unspecified atom stereocenters. The van der Waals surface area contributed by atoms with Crippen LogP contribution < -0.4 is 10.1 Å². The van der Waals surface area contributed by atoms with E-state index < -0.39 is 17.9 Å². The fourth-order valence-electron chi connectivity index (χ4n) is 1.65. The normalized spacial score (nSPS) is 11.4. The Morgan fingerprint density at radius 2 is 2.00 bits per heavy atom. The maximum absolute atomic E-state index is 11.8. The summed E-state index contributed by atoms with van der Waals surface area (Å²) in [6.07, 6.45) is 3.14. The van der Waals surface area contributed by atoms with Crippen LogP contribution >= 0.6 is 11.8 Å². The minimum Gasteiger partial charge on any atom is -0.484 e. The molecule has 0 aliphatic rings. The Hall–Kier alpha value is -2.02. The number of hydrogen-bond acceptors (Lipinski definition) is 6. The second kappa shape index (κ2) is 9.83. The topological polar surface area (TPSA) is 81.7 Å². The second-order valence-corrected chi connectivity index (χ2v) is 5.39. The van der Waals surface area contributed by atoms with E-state index in [1.807, 2.05) is 6.26 Å². The summed E-state index contributed by atoms with van der Waals surface area (Å²) in [5.74, 6) is 0.321. The van der Waals surface area contributed by atoms with Crippen molar-refractivity contribution in [2.75, 3.05) is 25.7 Å². The zero-order valence-electron chi connectivity index (χ0n) is 12.5. The first-order chi connectivity index (χ1) is 10.6. The van der Waals surface area contributed by atoms with E-state index in [0.717, 1.165) is 12.0 Å². The van der Waals surface area contributed by atoms with Crippen LogP contribution in [0, 0.1) is 0 Å². The van der Waals surface area contributed by atoms with Gasteiger partial charge in [-0.05, 0) is 42.7 Å². The van der Waals surface area contributed by atoms with Gasteiger partial charge in [0.25, 0.3) is 5.91 Å². The van der Waals surface area contributed by atoms with Gasteiger partial charge in [-0.2, -0.15) is 11.8 Å². The lowest BCUT2D eigenvalue weighted by Crippen LogP contribution is -2.43. The number of rotatable bonds is 9. The molecule has 0 aliphatic carbocycles. The quantitative estimate of drug-likeness (QED) is 0.544. The zero-order valence-corrected chi connectivity index (χ0v) is 13.4. The summed E-state index contributed by atoms with van der Waals surface area (Å²) in [6, 6.07) is 5.71. The fourth-order valence-corrected chi connectivity index (χ4v) is 2.13. The molecule has 0 radical (unpaired) electrons. The van der Waals surface area contributed by atoms with Crippen molar-refractivity contribution in [3.63, 3.8) is 0 Å². The number of carbonyl (C=O) groups is 3. The largest absolute Gasteiger partial charge is 0.484 e. The summed E-state index contributed by atoms with van der Waals surface area (Å²) >= 11 is 1.58. The molecule has 0 aromatic heterocycles. The molecule has 0 bridgehead atoms. The molecule has 0 saturated carbocycles. The molecule has 0 heterocycles. The highest BCUT2D eigenvalue weighted by atomic mass is 32.2. The molecule has 0 saturated heterocycles. The molecule has 1 rings (SSSR count). The van der Waals surface area contributed by atoms with E-state index in [1.165, 1.54) is 7.11 Å². The Bertz CT molecular complexity index is 503. The lowest BCUT2D eigenvalue weighted by molar-refractivity contribution is -0.145. The number of thioether (sulfide) groups is 1. The van der Waals surface area contributed by atoms with Gasteiger partial charge in [-0.1, -0.05) is 0 Å². The van der Waals surface area contributed by atoms with Crippen LogP contribution in [0.15, 0.2) is 24.3 Å². The van der Waals surface area contributed by atoms with E-state index in [4.69, 9.17) is 4.74 Å². The predicted molar refractivity (Wildman–Crippen MR) is 84.3 cm³/mol. The summed E-state index contributed by atoms with van der Waals surface area (Å²) in [5.41, 5.74) is 0.527. The number of aldehydes is 1. The van der Waals surface area contributed by atoms with Crippen LogP contribution in [0.3, 0.4) is 0 Å². The van der Waals surface area contributed by atoms with Crippen LogP contribution in [0.25, 0.3) is 0 Å². The van der Waals surface area contributed by atoms with Gasteiger partial charge in [0.05, 0.1) is 7.11 Å². The van der Waals surface area contributed by atoms with Crippen molar-refractivity contribution in [3.05, 3.63) is 29.8 Å². The molecule has 7 heteroatoms. The third-order valence-electron chi connectivity index (χ3n) is 2.82. The Morgan fingerprint density at radius 3 is 2.55 bits per heavy atom. The molecule has 1 aromatic rings. The van der Waals surface area contributed by atoms with Gasteiger partial charge in [0.2, 0.25) is 0 Å². The van der Waals surface area contributed by atoms with Gasteiger partial charge < -0.3 is 14.8 Å². The lowest BCUT2D eigenvalue weighted by atomic mass is 10.2. The number of methoxy groups -OCH3 is 1. The van der Waals surface area contributed by atoms with E-state index in [-0.39, 0.29) is 6.61 Å². The Morgan fingerprint density at radius 1 is 1.32 bits per heavy atom. The second-order valence-electron chi connectivity index (χ2n) is 4.40. The first kappa shape index (κ1) is 18.0. The lowest BCUT2D eigenvalue weighted by Gasteiger charge is -2.16. The van der Waals surface area contributed by atoms with Gasteiger partial charge >= 0.3 is 5.97 Å². The van der Waals surface area contributed by atoms with Gasteiger partial charge in [0.1, 0.15) is 18.1 Å². The van der Waals surface area contributed by atoms with Crippen LogP contribution in [0.1, 0.15) is 16.8 Å². The van der Waals surface area contributed by atoms with Gasteiger partial charge in [-0.25, -0.2) is 4.79 Å². The zero-order chi connectivity index (χ0) is 16.4. The fraction of sp³-hybridized carbons (Fsp3) is 0.400. The van der Waals surface area contributed by atoms with Gasteiger partial charge in [0, 0.05) is 5.56 Å². The first-order valence-corrected chi connectivity index (χ1v) is 8.04. The van der Waals surface area contributed by atoms with Crippen LogP contribution in [-0.4, -0.2) is 49.9 Å². The van der Waals surface area contributed by atoms with Crippen molar-refractivity contribution in [3.8, 4) is 5.75 Å². The summed E-state index contributed by atoms with van der Waals surface area (Å²) in [4.78, 5) is 33.9. The first-order valence-electron chi connectivity index (χ1n) is 6.65. The van der Waals surface area contributed by atoms with Crippen LogP contribution in [0.4, 0.5) is 0 Å². The summed E-state index contributed by atoms with van der Waals surface area (Å²) in [7, 11) is 1.28. The third kappa shape index (κ3) is 6.17. The Labute approximate surface area is 133 Å². The van der Waals surface area contributed by atoms with Crippen molar-refractivity contribution >= 4 is 29.9 Å². The number of hydrogen-bond donors (Lipinski definition) is 1. The molecule has 1 atom stereocenters. The van der Waals surface area contributed by atoms with Crippen molar-refractivity contribution in [1.29, 1.82) is 0 Å². The van der Waals surface area contributed by atoms with E-state index in [1.54, 1.807) is 36.0 Å². The number of benzene rings is 1. The highest BCUT2D eigenvalue weighted by Gasteiger charge is 2.21. The molecule has 6 nitrogen and oxygen atoms in total. The summed E-state index contributed by atoms with van der Waals surface area (Å²) in [5, 5.41) is 2.59. The highest BCUT2D eigenvalue weighted by molar-refractivity contribution is 7.98. The van der Waals surface area contributed by atoms with E-state index >= 15 is 0 Å². The summed E-state index contributed by atoms with van der Waals surface area (Å²) < 4.78 is 9.96. The van der Waals surface area contributed by atoms with Crippen molar-refractivity contribution in [2.24, 2.45) is 0 Å². The molecule has 1 aromatic carbocycles. The smallest absolute Gasteiger partial charge is 0.328 e. The molecule has 1 amide bonds. The van der Waals surface area contributed by atoms with Crippen molar-refractivity contribution < 1.29 is 23.9 Å².